The van der Waals surface area contributed by atoms with E-state index in [-0.39, 0.29) is 29.5 Å². The number of allylic oxidation sites excluding steroid dienone is 1. The zero-order chi connectivity index (χ0) is 16.4. The number of benzene rings is 1. The molecule has 1 heterocycles. The summed E-state index contributed by atoms with van der Waals surface area (Å²) in [7, 11) is 0. The van der Waals surface area contributed by atoms with E-state index in [9.17, 15) is 9.90 Å². The zero-order valence-electron chi connectivity index (χ0n) is 13.7. The van der Waals surface area contributed by atoms with Crippen molar-refractivity contribution in [2.75, 3.05) is 0 Å². The smallest absolute Gasteiger partial charge is 0.208 e. The molecule has 0 radical (unpaired) electrons. The minimum Gasteiger partial charge on any atom is -0.493 e. The predicted molar refractivity (Wildman–Crippen MR) is 86.9 cm³/mol. The molecule has 1 fully saturated rings. The topological polar surface area (TPSA) is 55.8 Å². The molecular weight excluding hydrogens is 292 g/mol. The van der Waals surface area contributed by atoms with Crippen LogP contribution in [0.2, 0.25) is 0 Å². The van der Waals surface area contributed by atoms with Gasteiger partial charge in [-0.05, 0) is 37.0 Å². The number of rotatable bonds is 4. The number of hydrogen-bond donors (Lipinski definition) is 1. The second-order valence-electron chi connectivity index (χ2n) is 6.55. The summed E-state index contributed by atoms with van der Waals surface area (Å²) in [6, 6.07) is 7.82. The summed E-state index contributed by atoms with van der Waals surface area (Å²) in [5, 5.41) is 9.93. The van der Waals surface area contributed by atoms with Crippen LogP contribution < -0.4 is 4.74 Å². The van der Waals surface area contributed by atoms with E-state index in [1.807, 2.05) is 31.2 Å². The summed E-state index contributed by atoms with van der Waals surface area (Å²) in [6.07, 6.45) is 4.19. The number of aryl methyl sites for hydroxylation is 1. The normalized spacial score (nSPS) is 30.2. The van der Waals surface area contributed by atoms with Crippen LogP contribution in [0.1, 0.15) is 38.7 Å². The monoisotopic (exact) mass is 316 g/mol. The molecule has 2 aliphatic rings. The highest BCUT2D eigenvalue weighted by atomic mass is 16.5. The number of hydrogen-bond acceptors (Lipinski definition) is 4. The molecule has 0 amide bonds. The number of ketones is 1. The maximum atomic E-state index is 12.6. The molecule has 1 aliphatic heterocycles. The van der Waals surface area contributed by atoms with Crippen LogP contribution in [0, 0.1) is 11.8 Å². The molecule has 1 aliphatic carbocycles. The minimum atomic E-state index is -0.397. The number of aliphatic hydroxyl groups is 1. The third-order valence-corrected chi connectivity index (χ3v) is 4.90. The third kappa shape index (κ3) is 3.27. The van der Waals surface area contributed by atoms with Gasteiger partial charge in [-0.3, -0.25) is 4.79 Å². The zero-order valence-corrected chi connectivity index (χ0v) is 13.7. The quantitative estimate of drug-likeness (QED) is 0.926. The van der Waals surface area contributed by atoms with Crippen molar-refractivity contribution in [1.82, 2.24) is 0 Å². The third-order valence-electron chi connectivity index (χ3n) is 4.90. The number of carbonyl (C=O) groups excluding carboxylic acids is 1. The predicted octanol–water partition coefficient (Wildman–Crippen LogP) is 3.23. The fraction of sp³-hybridized carbons (Fsp3) is 0.526. The molecule has 23 heavy (non-hydrogen) atoms. The molecule has 0 saturated heterocycles. The van der Waals surface area contributed by atoms with Crippen LogP contribution >= 0.6 is 0 Å². The van der Waals surface area contributed by atoms with Crippen molar-refractivity contribution in [3.05, 3.63) is 41.9 Å². The van der Waals surface area contributed by atoms with Gasteiger partial charge in [0.25, 0.3) is 0 Å². The Balaban J connectivity index is 1.71. The lowest BCUT2D eigenvalue weighted by atomic mass is 9.75. The molecular formula is C19H24O4. The Morgan fingerprint density at radius 1 is 1.26 bits per heavy atom. The Labute approximate surface area is 137 Å². The van der Waals surface area contributed by atoms with E-state index in [4.69, 9.17) is 9.47 Å². The first-order valence-corrected chi connectivity index (χ1v) is 8.45. The van der Waals surface area contributed by atoms with Crippen LogP contribution in [0.3, 0.4) is 0 Å². The van der Waals surface area contributed by atoms with E-state index in [1.165, 1.54) is 11.8 Å². The van der Waals surface area contributed by atoms with Crippen LogP contribution in [0.4, 0.5) is 0 Å². The number of aliphatic hydroxyl groups excluding tert-OH is 1. The summed E-state index contributed by atoms with van der Waals surface area (Å²) in [4.78, 5) is 12.6. The summed E-state index contributed by atoms with van der Waals surface area (Å²) in [6.45, 7) is 4.08. The maximum Gasteiger partial charge on any atom is 0.208 e. The molecule has 3 rings (SSSR count). The lowest BCUT2D eigenvalue weighted by Gasteiger charge is -2.40. The van der Waals surface area contributed by atoms with Gasteiger partial charge in [0.1, 0.15) is 18.1 Å². The average Bonchev–Trinajstić information content (AvgIpc) is 2.55. The van der Waals surface area contributed by atoms with E-state index in [0.29, 0.717) is 18.6 Å². The number of carbonyl (C=O) groups is 1. The van der Waals surface area contributed by atoms with Gasteiger partial charge in [-0.15, -0.1) is 0 Å². The Bertz CT molecular complexity index is 590. The Hall–Kier alpha value is -1.81. The van der Waals surface area contributed by atoms with Crippen LogP contribution in [0.25, 0.3) is 0 Å². The number of fused-ring (bicyclic) bond motifs is 1. The fourth-order valence-corrected chi connectivity index (χ4v) is 3.46. The fourth-order valence-electron chi connectivity index (χ4n) is 3.46. The van der Waals surface area contributed by atoms with Crippen molar-refractivity contribution >= 4 is 5.78 Å². The summed E-state index contributed by atoms with van der Waals surface area (Å²) in [5.41, 5.74) is 1.26. The first-order chi connectivity index (χ1) is 11.1. The van der Waals surface area contributed by atoms with Gasteiger partial charge >= 0.3 is 0 Å². The first-order valence-electron chi connectivity index (χ1n) is 8.45. The van der Waals surface area contributed by atoms with E-state index >= 15 is 0 Å². The molecule has 4 nitrogen and oxygen atoms in total. The van der Waals surface area contributed by atoms with Gasteiger partial charge in [0.05, 0.1) is 12.0 Å². The summed E-state index contributed by atoms with van der Waals surface area (Å²) < 4.78 is 11.5. The Morgan fingerprint density at radius 2 is 2.00 bits per heavy atom. The van der Waals surface area contributed by atoms with Gasteiger partial charge < -0.3 is 14.6 Å². The van der Waals surface area contributed by atoms with E-state index in [2.05, 4.69) is 6.92 Å². The van der Waals surface area contributed by atoms with Crippen LogP contribution in [-0.4, -0.2) is 23.1 Å². The van der Waals surface area contributed by atoms with E-state index in [1.54, 1.807) is 0 Å². The van der Waals surface area contributed by atoms with Crippen LogP contribution in [-0.2, 0) is 16.0 Å². The van der Waals surface area contributed by atoms with Crippen molar-refractivity contribution in [3.8, 4) is 5.75 Å². The van der Waals surface area contributed by atoms with Crippen molar-refractivity contribution in [2.24, 2.45) is 11.8 Å². The molecule has 0 spiro atoms. The summed E-state index contributed by atoms with van der Waals surface area (Å²) in [5.74, 6) is 0.641. The average molecular weight is 316 g/mol. The molecule has 1 aromatic rings. The van der Waals surface area contributed by atoms with Crippen LogP contribution in [0.15, 0.2) is 36.3 Å². The lowest BCUT2D eigenvalue weighted by molar-refractivity contribution is -0.137. The van der Waals surface area contributed by atoms with Gasteiger partial charge in [0.2, 0.25) is 11.5 Å². The lowest BCUT2D eigenvalue weighted by Crippen LogP contribution is -2.47. The van der Waals surface area contributed by atoms with Crippen molar-refractivity contribution in [2.45, 2.75) is 51.7 Å². The van der Waals surface area contributed by atoms with Gasteiger partial charge in [0, 0.05) is 5.92 Å². The summed E-state index contributed by atoms with van der Waals surface area (Å²) >= 11 is 0. The van der Waals surface area contributed by atoms with Gasteiger partial charge in [-0.2, -0.15) is 0 Å². The van der Waals surface area contributed by atoms with Crippen molar-refractivity contribution in [1.29, 1.82) is 0 Å². The number of ether oxygens (including phenoxy) is 2. The molecule has 1 aromatic carbocycles. The molecule has 4 heteroatoms. The second-order valence-corrected chi connectivity index (χ2v) is 6.55. The van der Waals surface area contributed by atoms with E-state index < -0.39 is 6.10 Å². The molecule has 0 aromatic heterocycles. The highest BCUT2D eigenvalue weighted by Gasteiger charge is 2.44. The molecule has 124 valence electrons. The molecule has 4 atom stereocenters. The van der Waals surface area contributed by atoms with Crippen molar-refractivity contribution in [3.63, 3.8) is 0 Å². The first kappa shape index (κ1) is 16.1. The highest BCUT2D eigenvalue weighted by molar-refractivity contribution is 5.96. The molecule has 1 N–H and O–H groups in total. The maximum absolute atomic E-state index is 12.6. The van der Waals surface area contributed by atoms with Gasteiger partial charge in [-0.1, -0.05) is 32.4 Å². The SMILES string of the molecule is CCCc1ccc(OC2=COC3C(CCC(O)C3C)C2=O)cc1. The molecule has 0 bridgehead atoms. The number of Topliss-reactive ketones (excluding diaryl/α,β-unsaturated/α-hetero) is 1. The Morgan fingerprint density at radius 3 is 2.70 bits per heavy atom. The second kappa shape index (κ2) is 6.75. The van der Waals surface area contributed by atoms with Gasteiger partial charge in [-0.25, -0.2) is 0 Å². The van der Waals surface area contributed by atoms with Gasteiger partial charge in [0.15, 0.2) is 0 Å². The van der Waals surface area contributed by atoms with Crippen molar-refractivity contribution < 1.29 is 19.4 Å². The largest absolute Gasteiger partial charge is 0.493 e. The molecule has 4 unspecified atom stereocenters. The van der Waals surface area contributed by atoms with E-state index in [0.717, 1.165) is 12.8 Å². The standard InChI is InChI=1S/C19H24O4/c1-3-4-13-5-7-14(8-6-13)23-17-11-22-19-12(2)16(20)10-9-15(19)18(17)21/h5-8,11-12,15-16,19-20H,3-4,9-10H2,1-2H3. The Kier molecular flexibility index (Phi) is 4.71. The highest BCUT2D eigenvalue weighted by Crippen LogP contribution is 2.37. The minimum absolute atomic E-state index is 0.0161. The van der Waals surface area contributed by atoms with Crippen LogP contribution in [0.5, 0.6) is 5.75 Å². The molecule has 1 saturated carbocycles.